The van der Waals surface area contributed by atoms with E-state index < -0.39 is 18.5 Å². The number of amides is 2. The van der Waals surface area contributed by atoms with Crippen molar-refractivity contribution in [2.24, 2.45) is 0 Å². The van der Waals surface area contributed by atoms with Gasteiger partial charge in [-0.25, -0.2) is 4.79 Å². The van der Waals surface area contributed by atoms with Crippen LogP contribution < -0.4 is 5.32 Å². The summed E-state index contributed by atoms with van der Waals surface area (Å²) in [6, 6.07) is 6.10. The van der Waals surface area contributed by atoms with Crippen molar-refractivity contribution in [2.75, 3.05) is 27.2 Å². The van der Waals surface area contributed by atoms with Crippen molar-refractivity contribution >= 4 is 29.4 Å². The molecule has 0 spiro atoms. The van der Waals surface area contributed by atoms with Gasteiger partial charge in [-0.2, -0.15) is 0 Å². The van der Waals surface area contributed by atoms with Crippen LogP contribution >= 0.6 is 11.6 Å². The number of nitrogens with one attached hydrogen (secondary N) is 1. The van der Waals surface area contributed by atoms with E-state index in [4.69, 9.17) is 16.3 Å². The van der Waals surface area contributed by atoms with Crippen LogP contribution in [0.25, 0.3) is 0 Å². The minimum absolute atomic E-state index is 0.135. The lowest BCUT2D eigenvalue weighted by Crippen LogP contribution is -2.38. The summed E-state index contributed by atoms with van der Waals surface area (Å²) >= 11 is 5.69. The van der Waals surface area contributed by atoms with Crippen LogP contribution in [0.2, 0.25) is 5.02 Å². The second-order valence-corrected chi connectivity index (χ2v) is 4.58. The number of ether oxygens (including phenoxy) is 1. The van der Waals surface area contributed by atoms with E-state index in [-0.39, 0.29) is 12.5 Å². The maximum Gasteiger partial charge on any atom is 0.338 e. The fourth-order valence-electron chi connectivity index (χ4n) is 1.18. The van der Waals surface area contributed by atoms with Crippen molar-refractivity contribution in [3.63, 3.8) is 0 Å². The third-order valence-corrected chi connectivity index (χ3v) is 2.60. The van der Waals surface area contributed by atoms with Crippen LogP contribution in [0.1, 0.15) is 10.4 Å². The van der Waals surface area contributed by atoms with Gasteiger partial charge in [-0.3, -0.25) is 9.59 Å². The van der Waals surface area contributed by atoms with Crippen LogP contribution in [0.5, 0.6) is 0 Å². The fourth-order valence-corrected chi connectivity index (χ4v) is 1.31. The van der Waals surface area contributed by atoms with Crippen LogP contribution in [0.15, 0.2) is 24.3 Å². The molecule has 0 radical (unpaired) electrons. The first-order valence-electron chi connectivity index (χ1n) is 5.79. The maximum atomic E-state index is 11.6. The molecule has 0 unspecified atom stereocenters. The molecule has 0 atom stereocenters. The summed E-state index contributed by atoms with van der Waals surface area (Å²) in [6.07, 6.45) is 0. The first-order valence-corrected chi connectivity index (χ1v) is 6.17. The highest BCUT2D eigenvalue weighted by Crippen LogP contribution is 2.10. The first-order chi connectivity index (χ1) is 9.40. The van der Waals surface area contributed by atoms with E-state index >= 15 is 0 Å². The summed E-state index contributed by atoms with van der Waals surface area (Å²) in [6.45, 7) is -0.577. The second kappa shape index (κ2) is 7.49. The number of hydrogen-bond acceptors (Lipinski definition) is 4. The Morgan fingerprint density at radius 1 is 1.20 bits per heavy atom. The van der Waals surface area contributed by atoms with Crippen LogP contribution in [0.4, 0.5) is 0 Å². The van der Waals surface area contributed by atoms with Crippen molar-refractivity contribution in [3.05, 3.63) is 34.9 Å². The van der Waals surface area contributed by atoms with Gasteiger partial charge in [0.25, 0.3) is 5.91 Å². The van der Waals surface area contributed by atoms with Crippen LogP contribution in [0, 0.1) is 0 Å². The highest BCUT2D eigenvalue weighted by Gasteiger charge is 2.11. The summed E-state index contributed by atoms with van der Waals surface area (Å²) in [5, 5.41) is 2.85. The molecule has 20 heavy (non-hydrogen) atoms. The molecule has 108 valence electrons. The van der Waals surface area contributed by atoms with Gasteiger partial charge < -0.3 is 15.0 Å². The zero-order chi connectivity index (χ0) is 15.1. The van der Waals surface area contributed by atoms with Crippen molar-refractivity contribution in [2.45, 2.75) is 0 Å². The van der Waals surface area contributed by atoms with Gasteiger partial charge in [0.05, 0.1) is 12.1 Å². The molecule has 1 N–H and O–H groups in total. The minimum Gasteiger partial charge on any atom is -0.452 e. The number of halogens is 1. The Morgan fingerprint density at radius 2 is 1.80 bits per heavy atom. The number of carbonyl (C=O) groups is 3. The maximum absolute atomic E-state index is 11.6. The highest BCUT2D eigenvalue weighted by atomic mass is 35.5. The largest absolute Gasteiger partial charge is 0.452 e. The monoisotopic (exact) mass is 298 g/mol. The molecule has 2 amide bonds. The van der Waals surface area contributed by atoms with Gasteiger partial charge in [-0.05, 0) is 24.3 Å². The molecule has 6 nitrogen and oxygen atoms in total. The Hall–Kier alpha value is -2.08. The Kier molecular flexibility index (Phi) is 5.99. The molecule has 0 aliphatic rings. The number of esters is 1. The summed E-state index contributed by atoms with van der Waals surface area (Å²) in [7, 11) is 3.16. The third-order valence-electron chi connectivity index (χ3n) is 2.35. The molecule has 0 aliphatic heterocycles. The molecule has 0 saturated heterocycles. The highest BCUT2D eigenvalue weighted by molar-refractivity contribution is 6.30. The molecular formula is C13H15ClN2O4. The average Bonchev–Trinajstić information content (AvgIpc) is 2.42. The van der Waals surface area contributed by atoms with Crippen molar-refractivity contribution < 1.29 is 19.1 Å². The molecule has 0 bridgehead atoms. The van der Waals surface area contributed by atoms with Gasteiger partial charge in [0.2, 0.25) is 5.91 Å². The molecule has 1 rings (SSSR count). The summed E-state index contributed by atoms with van der Waals surface area (Å²) in [5.74, 6) is -1.42. The lowest BCUT2D eigenvalue weighted by Gasteiger charge is -2.11. The topological polar surface area (TPSA) is 75.7 Å². The molecule has 7 heteroatoms. The van der Waals surface area contributed by atoms with Gasteiger partial charge >= 0.3 is 5.97 Å². The van der Waals surface area contributed by atoms with Crippen molar-refractivity contribution in [3.8, 4) is 0 Å². The zero-order valence-electron chi connectivity index (χ0n) is 11.2. The number of nitrogens with zero attached hydrogens (tertiary/aromatic N) is 1. The van der Waals surface area contributed by atoms with Gasteiger partial charge in [0.1, 0.15) is 0 Å². The second-order valence-electron chi connectivity index (χ2n) is 4.15. The Morgan fingerprint density at radius 3 is 2.35 bits per heavy atom. The van der Waals surface area contributed by atoms with Gasteiger partial charge in [-0.1, -0.05) is 11.6 Å². The predicted molar refractivity (Wildman–Crippen MR) is 73.4 cm³/mol. The molecule has 0 aliphatic carbocycles. The molecule has 0 heterocycles. The fraction of sp³-hybridized carbons (Fsp3) is 0.308. The number of benzene rings is 1. The number of rotatable bonds is 5. The number of carbonyl (C=O) groups excluding carboxylic acids is 3. The van der Waals surface area contributed by atoms with Crippen molar-refractivity contribution in [1.82, 2.24) is 10.2 Å². The van der Waals surface area contributed by atoms with Crippen LogP contribution in [-0.4, -0.2) is 49.9 Å². The number of likely N-dealkylation sites (N-methyl/N-ethyl adjacent to an activating group) is 1. The van der Waals surface area contributed by atoms with Crippen LogP contribution in [-0.2, 0) is 14.3 Å². The quantitative estimate of drug-likeness (QED) is 0.812. The Bertz CT molecular complexity index is 500. The Balaban J connectivity index is 2.35. The molecule has 0 fully saturated rings. The zero-order valence-corrected chi connectivity index (χ0v) is 11.9. The van der Waals surface area contributed by atoms with Gasteiger partial charge in [-0.15, -0.1) is 0 Å². The van der Waals surface area contributed by atoms with Crippen molar-refractivity contribution in [1.29, 1.82) is 0 Å². The molecular weight excluding hydrogens is 284 g/mol. The number of hydrogen-bond donors (Lipinski definition) is 1. The average molecular weight is 299 g/mol. The molecule has 0 saturated carbocycles. The SMILES string of the molecule is CN(C)C(=O)CNC(=O)COC(=O)c1ccc(Cl)cc1. The van der Waals surface area contributed by atoms with E-state index in [0.29, 0.717) is 10.6 Å². The predicted octanol–water partition coefficient (Wildman–Crippen LogP) is 0.701. The summed E-state index contributed by atoms with van der Waals surface area (Å²) < 4.78 is 4.80. The van der Waals surface area contributed by atoms with E-state index in [0.717, 1.165) is 0 Å². The summed E-state index contributed by atoms with van der Waals surface area (Å²) in [5.41, 5.74) is 0.298. The molecule has 1 aromatic rings. The van der Waals surface area contributed by atoms with E-state index in [9.17, 15) is 14.4 Å². The first kappa shape index (κ1) is 16.0. The van der Waals surface area contributed by atoms with E-state index in [1.807, 2.05) is 0 Å². The summed E-state index contributed by atoms with van der Waals surface area (Å²) in [4.78, 5) is 35.5. The lowest BCUT2D eigenvalue weighted by molar-refractivity contribution is -0.131. The van der Waals surface area contributed by atoms with Crippen LogP contribution in [0.3, 0.4) is 0 Å². The molecule has 0 aromatic heterocycles. The molecule has 1 aromatic carbocycles. The third kappa shape index (κ3) is 5.27. The minimum atomic E-state index is -0.629. The normalized spacial score (nSPS) is 9.75. The standard InChI is InChI=1S/C13H15ClN2O4/c1-16(2)12(18)7-15-11(17)8-20-13(19)9-3-5-10(14)6-4-9/h3-6H,7-8H2,1-2H3,(H,15,17). The van der Waals surface area contributed by atoms with Gasteiger partial charge in [0, 0.05) is 19.1 Å². The lowest BCUT2D eigenvalue weighted by atomic mass is 10.2. The van der Waals surface area contributed by atoms with E-state index in [1.54, 1.807) is 26.2 Å². The van der Waals surface area contributed by atoms with Gasteiger partial charge in [0.15, 0.2) is 6.61 Å². The van der Waals surface area contributed by atoms with E-state index in [1.165, 1.54) is 17.0 Å². The van der Waals surface area contributed by atoms with E-state index in [2.05, 4.69) is 5.32 Å². The Labute approximate surface area is 121 Å². The smallest absolute Gasteiger partial charge is 0.338 e.